The standard InChI is InChI=1S/C16H17NO2S2/c18-16(19)15-14(11-6-2-1-3-7-11)17-13(21-15)10-20-12-8-4-5-9-12/h1-3,6-7,12H,4-5,8-10H2,(H,18,19). The number of carbonyl (C=O) groups is 1. The van der Waals surface area contributed by atoms with Gasteiger partial charge in [0.05, 0.1) is 5.69 Å². The Kier molecular flexibility index (Phi) is 4.60. The maximum absolute atomic E-state index is 11.4. The molecule has 1 aliphatic rings. The fourth-order valence-corrected chi connectivity index (χ4v) is 4.88. The van der Waals surface area contributed by atoms with Crippen LogP contribution in [0.5, 0.6) is 0 Å². The van der Waals surface area contributed by atoms with Gasteiger partial charge >= 0.3 is 5.97 Å². The SMILES string of the molecule is O=C(O)c1sc(CSC2CCCC2)nc1-c1ccccc1. The number of benzene rings is 1. The van der Waals surface area contributed by atoms with Crippen molar-refractivity contribution in [2.24, 2.45) is 0 Å². The van der Waals surface area contributed by atoms with E-state index in [1.165, 1.54) is 37.0 Å². The van der Waals surface area contributed by atoms with E-state index >= 15 is 0 Å². The zero-order valence-electron chi connectivity index (χ0n) is 11.6. The highest BCUT2D eigenvalue weighted by molar-refractivity contribution is 7.99. The molecular weight excluding hydrogens is 302 g/mol. The van der Waals surface area contributed by atoms with Crippen molar-refractivity contribution in [1.29, 1.82) is 0 Å². The maximum Gasteiger partial charge on any atom is 0.348 e. The second-order valence-corrected chi connectivity index (χ2v) is 7.55. The van der Waals surface area contributed by atoms with E-state index in [0.717, 1.165) is 21.6 Å². The lowest BCUT2D eigenvalue weighted by Crippen LogP contribution is -1.95. The van der Waals surface area contributed by atoms with Crippen LogP contribution in [0.25, 0.3) is 11.3 Å². The Hall–Kier alpha value is -1.33. The summed E-state index contributed by atoms with van der Waals surface area (Å²) in [5.41, 5.74) is 1.48. The Labute approximate surface area is 132 Å². The lowest BCUT2D eigenvalue weighted by Gasteiger charge is -2.05. The molecule has 3 rings (SSSR count). The van der Waals surface area contributed by atoms with Gasteiger partial charge in [-0.2, -0.15) is 11.8 Å². The van der Waals surface area contributed by atoms with E-state index in [2.05, 4.69) is 4.98 Å². The van der Waals surface area contributed by atoms with Gasteiger partial charge in [-0.05, 0) is 12.8 Å². The number of aromatic carboxylic acids is 1. The average Bonchev–Trinajstić information content (AvgIpc) is 3.15. The van der Waals surface area contributed by atoms with Crippen LogP contribution in [-0.2, 0) is 5.75 Å². The molecule has 0 amide bonds. The quantitative estimate of drug-likeness (QED) is 0.869. The average molecular weight is 319 g/mol. The molecule has 1 aromatic carbocycles. The highest BCUT2D eigenvalue weighted by Gasteiger charge is 2.20. The van der Waals surface area contributed by atoms with Gasteiger partial charge in [0.1, 0.15) is 9.88 Å². The summed E-state index contributed by atoms with van der Waals surface area (Å²) in [6.45, 7) is 0. The van der Waals surface area contributed by atoms with Crippen molar-refractivity contribution in [3.63, 3.8) is 0 Å². The number of aromatic nitrogens is 1. The minimum Gasteiger partial charge on any atom is -0.477 e. The van der Waals surface area contributed by atoms with E-state index in [1.54, 1.807) is 0 Å². The van der Waals surface area contributed by atoms with Gasteiger partial charge < -0.3 is 5.11 Å². The number of carboxylic acid groups (broad SMARTS) is 1. The van der Waals surface area contributed by atoms with Crippen molar-refractivity contribution in [2.75, 3.05) is 0 Å². The first-order valence-electron chi connectivity index (χ1n) is 7.14. The van der Waals surface area contributed by atoms with E-state index < -0.39 is 5.97 Å². The van der Waals surface area contributed by atoms with E-state index in [4.69, 9.17) is 0 Å². The van der Waals surface area contributed by atoms with Crippen LogP contribution in [-0.4, -0.2) is 21.3 Å². The molecule has 0 unspecified atom stereocenters. The van der Waals surface area contributed by atoms with Gasteiger partial charge in [0.25, 0.3) is 0 Å². The fraction of sp³-hybridized carbons (Fsp3) is 0.375. The predicted molar refractivity (Wildman–Crippen MR) is 88.1 cm³/mol. The van der Waals surface area contributed by atoms with Gasteiger partial charge in [0.2, 0.25) is 0 Å². The highest BCUT2D eigenvalue weighted by atomic mass is 32.2. The zero-order valence-corrected chi connectivity index (χ0v) is 13.3. The Morgan fingerprint density at radius 1 is 1.29 bits per heavy atom. The zero-order chi connectivity index (χ0) is 14.7. The first-order chi connectivity index (χ1) is 10.2. The van der Waals surface area contributed by atoms with E-state index in [9.17, 15) is 9.90 Å². The van der Waals surface area contributed by atoms with Crippen LogP contribution < -0.4 is 0 Å². The number of carboxylic acids is 1. The Balaban J connectivity index is 1.81. The molecule has 110 valence electrons. The van der Waals surface area contributed by atoms with Crippen LogP contribution in [0.2, 0.25) is 0 Å². The third-order valence-corrected chi connectivity index (χ3v) is 6.27. The summed E-state index contributed by atoms with van der Waals surface area (Å²) in [6.07, 6.45) is 5.22. The van der Waals surface area contributed by atoms with Crippen molar-refractivity contribution in [2.45, 2.75) is 36.7 Å². The van der Waals surface area contributed by atoms with Gasteiger partial charge in [-0.3, -0.25) is 0 Å². The van der Waals surface area contributed by atoms with Crippen LogP contribution >= 0.6 is 23.1 Å². The van der Waals surface area contributed by atoms with Gasteiger partial charge in [-0.1, -0.05) is 43.2 Å². The molecule has 1 aromatic heterocycles. The lowest BCUT2D eigenvalue weighted by atomic mass is 10.1. The number of thiazole rings is 1. The second-order valence-electron chi connectivity index (χ2n) is 5.17. The molecule has 1 fully saturated rings. The van der Waals surface area contributed by atoms with Crippen molar-refractivity contribution in [3.05, 3.63) is 40.2 Å². The topological polar surface area (TPSA) is 50.2 Å². The maximum atomic E-state index is 11.4. The third-order valence-electron chi connectivity index (χ3n) is 3.66. The van der Waals surface area contributed by atoms with Crippen molar-refractivity contribution in [3.8, 4) is 11.3 Å². The van der Waals surface area contributed by atoms with Gasteiger partial charge in [-0.25, -0.2) is 9.78 Å². The Morgan fingerprint density at radius 2 is 2.00 bits per heavy atom. The Morgan fingerprint density at radius 3 is 2.67 bits per heavy atom. The lowest BCUT2D eigenvalue weighted by molar-refractivity contribution is 0.0702. The molecule has 1 heterocycles. The highest BCUT2D eigenvalue weighted by Crippen LogP contribution is 2.35. The van der Waals surface area contributed by atoms with Gasteiger partial charge in [0, 0.05) is 16.6 Å². The molecule has 0 aliphatic heterocycles. The van der Waals surface area contributed by atoms with Crippen LogP contribution in [0.4, 0.5) is 0 Å². The van der Waals surface area contributed by atoms with E-state index in [-0.39, 0.29) is 0 Å². The summed E-state index contributed by atoms with van der Waals surface area (Å²) in [4.78, 5) is 16.4. The molecule has 0 bridgehead atoms. The number of hydrogen-bond acceptors (Lipinski definition) is 4. The minimum atomic E-state index is -0.886. The second kappa shape index (κ2) is 6.62. The molecule has 5 heteroatoms. The number of rotatable bonds is 5. The normalized spacial score (nSPS) is 15.4. The molecule has 21 heavy (non-hydrogen) atoms. The molecule has 1 aliphatic carbocycles. The van der Waals surface area contributed by atoms with Crippen LogP contribution in [0.3, 0.4) is 0 Å². The smallest absolute Gasteiger partial charge is 0.348 e. The summed E-state index contributed by atoms with van der Waals surface area (Å²) in [5.74, 6) is -0.0638. The van der Waals surface area contributed by atoms with E-state index in [0.29, 0.717) is 10.6 Å². The molecule has 0 atom stereocenters. The molecular formula is C16H17NO2S2. The molecule has 1 N–H and O–H groups in total. The van der Waals surface area contributed by atoms with Gasteiger partial charge in [0.15, 0.2) is 0 Å². The van der Waals surface area contributed by atoms with Crippen molar-refractivity contribution < 1.29 is 9.90 Å². The number of nitrogens with zero attached hydrogens (tertiary/aromatic N) is 1. The van der Waals surface area contributed by atoms with Crippen LogP contribution in [0.1, 0.15) is 40.4 Å². The first-order valence-corrected chi connectivity index (χ1v) is 9.00. The molecule has 2 aromatic rings. The molecule has 0 radical (unpaired) electrons. The van der Waals surface area contributed by atoms with Crippen LogP contribution in [0.15, 0.2) is 30.3 Å². The fourth-order valence-electron chi connectivity index (χ4n) is 2.61. The molecule has 1 saturated carbocycles. The summed E-state index contributed by atoms with van der Waals surface area (Å²) in [6, 6.07) is 9.57. The third kappa shape index (κ3) is 3.47. The number of hydrogen-bond donors (Lipinski definition) is 1. The minimum absolute atomic E-state index is 0.350. The summed E-state index contributed by atoms with van der Waals surface area (Å²) in [5, 5.41) is 11.0. The predicted octanol–water partition coefficient (Wildman–Crippen LogP) is 4.68. The molecule has 0 spiro atoms. The first kappa shape index (κ1) is 14.6. The van der Waals surface area contributed by atoms with Gasteiger partial charge in [-0.15, -0.1) is 11.3 Å². The summed E-state index contributed by atoms with van der Waals surface area (Å²) < 4.78 is 0. The Bertz CT molecular complexity index is 618. The summed E-state index contributed by atoms with van der Waals surface area (Å²) >= 11 is 3.24. The van der Waals surface area contributed by atoms with Crippen LogP contribution in [0, 0.1) is 0 Å². The monoisotopic (exact) mass is 319 g/mol. The van der Waals surface area contributed by atoms with E-state index in [1.807, 2.05) is 42.1 Å². The molecule has 0 saturated heterocycles. The number of thioether (sulfide) groups is 1. The van der Waals surface area contributed by atoms with Crippen molar-refractivity contribution >= 4 is 29.1 Å². The molecule has 3 nitrogen and oxygen atoms in total. The largest absolute Gasteiger partial charge is 0.477 e. The van der Waals surface area contributed by atoms with Crippen molar-refractivity contribution in [1.82, 2.24) is 4.98 Å². The summed E-state index contributed by atoms with van der Waals surface area (Å²) in [7, 11) is 0.